The second-order valence-electron chi connectivity index (χ2n) is 7.32. The van der Waals surface area contributed by atoms with Gasteiger partial charge in [0.2, 0.25) is 0 Å². The van der Waals surface area contributed by atoms with Crippen molar-refractivity contribution in [1.82, 2.24) is 14.0 Å². The number of benzene rings is 1. The van der Waals surface area contributed by atoms with Crippen LogP contribution in [-0.2, 0) is 21.4 Å². The molecule has 0 bridgehead atoms. The normalized spacial score (nSPS) is 15.8. The average Bonchev–Trinajstić information content (AvgIpc) is 2.76. The van der Waals surface area contributed by atoms with Crippen molar-refractivity contribution in [2.24, 2.45) is 0 Å². The fourth-order valence-corrected chi connectivity index (χ4v) is 5.06. The molecule has 12 heteroatoms. The van der Waals surface area contributed by atoms with Crippen LogP contribution in [0.25, 0.3) is 0 Å². The number of aliphatic carboxylic acids is 1. The summed E-state index contributed by atoms with van der Waals surface area (Å²) in [7, 11) is -3.89. The quantitative estimate of drug-likeness (QED) is 0.477. The number of hydrogen-bond donors (Lipinski definition) is 3. The number of anilines is 1. The number of nitrogens with one attached hydrogen (secondary N) is 2. The van der Waals surface area contributed by atoms with Crippen LogP contribution in [0.3, 0.4) is 0 Å². The van der Waals surface area contributed by atoms with Crippen LogP contribution in [-0.4, -0.2) is 53.8 Å². The van der Waals surface area contributed by atoms with Gasteiger partial charge in [-0.25, -0.2) is 4.98 Å². The van der Waals surface area contributed by atoms with Gasteiger partial charge >= 0.3 is 5.97 Å². The maximum atomic E-state index is 12.5. The van der Waals surface area contributed by atoms with Gasteiger partial charge in [0.25, 0.3) is 16.1 Å². The molecule has 1 aliphatic rings. The molecular formula is C20H22Cl2N4O5S. The Bertz CT molecular complexity index is 1090. The number of amides is 1. The van der Waals surface area contributed by atoms with Crippen molar-refractivity contribution in [1.29, 1.82) is 0 Å². The molecule has 2 heterocycles. The van der Waals surface area contributed by atoms with Crippen LogP contribution in [0.2, 0.25) is 10.2 Å². The Kier molecular flexibility index (Phi) is 8.07. The number of carbonyl (C=O) groups is 2. The molecule has 9 nitrogen and oxygen atoms in total. The number of carboxylic acid groups (broad SMARTS) is 1. The number of nitrogens with zero attached hydrogens (tertiary/aromatic N) is 2. The van der Waals surface area contributed by atoms with Gasteiger partial charge in [-0.1, -0.05) is 41.8 Å². The zero-order chi connectivity index (χ0) is 23.3. The van der Waals surface area contributed by atoms with E-state index in [1.54, 1.807) is 24.3 Å². The van der Waals surface area contributed by atoms with Crippen molar-refractivity contribution < 1.29 is 23.1 Å². The standard InChI is InChI=1S/C20H22Cl2N4O5S/c21-16-12-23-18(22)11-15(16)19(27)24-14-6-4-13(5-7-14)10-17(20(28)29)25-32(30,31)26-8-2-1-3-9-26/h4-7,11-12,17,25H,1-3,8-10H2,(H,24,27)(H,28,29)/t17-/m0/s1. The van der Waals surface area contributed by atoms with Crippen molar-refractivity contribution >= 4 is 51.0 Å². The fourth-order valence-electron chi connectivity index (χ4n) is 3.28. The van der Waals surface area contributed by atoms with Gasteiger partial charge in [0.15, 0.2) is 0 Å². The van der Waals surface area contributed by atoms with E-state index in [9.17, 15) is 23.1 Å². The lowest BCUT2D eigenvalue weighted by Gasteiger charge is -2.27. The number of piperidine rings is 1. The highest BCUT2D eigenvalue weighted by Gasteiger charge is 2.30. The third kappa shape index (κ3) is 6.39. The van der Waals surface area contributed by atoms with E-state index >= 15 is 0 Å². The number of hydrogen-bond acceptors (Lipinski definition) is 5. The van der Waals surface area contributed by atoms with E-state index in [-0.39, 0.29) is 22.2 Å². The second kappa shape index (κ2) is 10.6. The molecule has 3 N–H and O–H groups in total. The Morgan fingerprint density at radius 2 is 1.78 bits per heavy atom. The molecule has 3 rings (SSSR count). The van der Waals surface area contributed by atoms with Gasteiger partial charge in [-0.2, -0.15) is 17.4 Å². The predicted octanol–water partition coefficient (Wildman–Crippen LogP) is 2.96. The highest BCUT2D eigenvalue weighted by Crippen LogP contribution is 2.20. The van der Waals surface area contributed by atoms with E-state index in [0.29, 0.717) is 24.3 Å². The van der Waals surface area contributed by atoms with Crippen molar-refractivity contribution in [3.63, 3.8) is 0 Å². The molecule has 1 aromatic heterocycles. The maximum Gasteiger partial charge on any atom is 0.322 e. The Hall–Kier alpha value is -2.24. The van der Waals surface area contributed by atoms with Crippen molar-refractivity contribution in [2.75, 3.05) is 18.4 Å². The van der Waals surface area contributed by atoms with Gasteiger partial charge in [-0.15, -0.1) is 0 Å². The minimum Gasteiger partial charge on any atom is -0.480 e. The monoisotopic (exact) mass is 500 g/mol. The Morgan fingerprint density at radius 1 is 1.12 bits per heavy atom. The van der Waals surface area contributed by atoms with E-state index in [0.717, 1.165) is 19.3 Å². The number of carbonyl (C=O) groups excluding carboxylic acids is 1. The third-order valence-corrected chi connectivity index (χ3v) is 7.10. The summed E-state index contributed by atoms with van der Waals surface area (Å²) in [5.74, 6) is -1.75. The van der Waals surface area contributed by atoms with Crippen LogP contribution in [0.1, 0.15) is 35.2 Å². The summed E-state index contributed by atoms with van der Waals surface area (Å²) < 4.78 is 28.6. The molecule has 1 aromatic carbocycles. The first-order valence-corrected chi connectivity index (χ1v) is 12.1. The second-order valence-corrected chi connectivity index (χ2v) is 9.81. The van der Waals surface area contributed by atoms with Crippen molar-refractivity contribution in [3.05, 3.63) is 57.8 Å². The highest BCUT2D eigenvalue weighted by atomic mass is 35.5. The molecule has 1 saturated heterocycles. The summed E-state index contributed by atoms with van der Waals surface area (Å²) in [6.45, 7) is 0.756. The molecular weight excluding hydrogens is 479 g/mol. The molecule has 32 heavy (non-hydrogen) atoms. The lowest BCUT2D eigenvalue weighted by molar-refractivity contribution is -0.138. The molecule has 1 fully saturated rings. The van der Waals surface area contributed by atoms with E-state index in [2.05, 4.69) is 15.0 Å². The Morgan fingerprint density at radius 3 is 2.41 bits per heavy atom. The van der Waals surface area contributed by atoms with Gasteiger partial charge in [-0.3, -0.25) is 9.59 Å². The first-order chi connectivity index (χ1) is 15.2. The van der Waals surface area contributed by atoms with Crippen LogP contribution in [0.15, 0.2) is 36.5 Å². The number of rotatable bonds is 8. The molecule has 172 valence electrons. The van der Waals surface area contributed by atoms with Crippen LogP contribution >= 0.6 is 23.2 Å². The van der Waals surface area contributed by atoms with Gasteiger partial charge in [0.05, 0.1) is 10.6 Å². The summed E-state index contributed by atoms with van der Waals surface area (Å²) in [6.07, 6.45) is 3.68. The average molecular weight is 501 g/mol. The predicted molar refractivity (Wildman–Crippen MR) is 121 cm³/mol. The highest BCUT2D eigenvalue weighted by molar-refractivity contribution is 7.87. The number of aromatic nitrogens is 1. The minimum atomic E-state index is -3.89. The summed E-state index contributed by atoms with van der Waals surface area (Å²) in [4.78, 5) is 27.9. The fraction of sp³-hybridized carbons (Fsp3) is 0.350. The zero-order valence-electron chi connectivity index (χ0n) is 16.9. The largest absolute Gasteiger partial charge is 0.480 e. The van der Waals surface area contributed by atoms with Gasteiger partial charge < -0.3 is 10.4 Å². The SMILES string of the molecule is O=C(Nc1ccc(C[C@H](NS(=O)(=O)N2CCCCC2)C(=O)O)cc1)c1cc(Cl)ncc1Cl. The van der Waals surface area contributed by atoms with E-state index in [1.807, 2.05) is 0 Å². The Balaban J connectivity index is 1.65. The van der Waals surface area contributed by atoms with E-state index in [1.165, 1.54) is 16.6 Å². The maximum absolute atomic E-state index is 12.5. The lowest BCUT2D eigenvalue weighted by Crippen LogP contribution is -2.50. The zero-order valence-corrected chi connectivity index (χ0v) is 19.3. The molecule has 1 atom stereocenters. The summed E-state index contributed by atoms with van der Waals surface area (Å²) in [6, 6.07) is 6.42. The van der Waals surface area contributed by atoms with Crippen LogP contribution in [0, 0.1) is 0 Å². The minimum absolute atomic E-state index is 0.0532. The number of pyridine rings is 1. The molecule has 0 spiro atoms. The molecule has 1 amide bonds. The van der Waals surface area contributed by atoms with Crippen LogP contribution < -0.4 is 10.0 Å². The first-order valence-electron chi connectivity index (χ1n) is 9.87. The topological polar surface area (TPSA) is 129 Å². The summed E-state index contributed by atoms with van der Waals surface area (Å²) in [5.41, 5.74) is 1.19. The smallest absolute Gasteiger partial charge is 0.322 e. The lowest BCUT2D eigenvalue weighted by atomic mass is 10.1. The number of halogens is 2. The van der Waals surface area contributed by atoms with Crippen molar-refractivity contribution in [3.8, 4) is 0 Å². The van der Waals surface area contributed by atoms with Crippen LogP contribution in [0.4, 0.5) is 5.69 Å². The molecule has 0 saturated carbocycles. The van der Waals surface area contributed by atoms with Crippen LogP contribution in [0.5, 0.6) is 0 Å². The molecule has 0 unspecified atom stereocenters. The first kappa shape index (κ1) is 24.4. The van der Waals surface area contributed by atoms with Gasteiger partial charge in [-0.05, 0) is 43.0 Å². The molecule has 2 aromatic rings. The van der Waals surface area contributed by atoms with E-state index < -0.39 is 28.1 Å². The molecule has 0 radical (unpaired) electrons. The number of carboxylic acids is 1. The van der Waals surface area contributed by atoms with E-state index in [4.69, 9.17) is 23.2 Å². The summed E-state index contributed by atoms with van der Waals surface area (Å²) in [5, 5.41) is 12.5. The molecule has 0 aliphatic carbocycles. The summed E-state index contributed by atoms with van der Waals surface area (Å²) >= 11 is 11.8. The third-order valence-electron chi connectivity index (χ3n) is 4.96. The van der Waals surface area contributed by atoms with Gasteiger partial charge in [0.1, 0.15) is 11.2 Å². The molecule has 1 aliphatic heterocycles. The van der Waals surface area contributed by atoms with Crippen molar-refractivity contribution in [2.45, 2.75) is 31.7 Å². The van der Waals surface area contributed by atoms with Gasteiger partial charge in [0, 0.05) is 25.0 Å². The Labute approximate surface area is 195 Å².